The van der Waals surface area contributed by atoms with Gasteiger partial charge in [0.15, 0.2) is 3.68 Å². The summed E-state index contributed by atoms with van der Waals surface area (Å²) in [6, 6.07) is 4.55. The van der Waals surface area contributed by atoms with Gasteiger partial charge in [-0.25, -0.2) is 10.3 Å². The zero-order valence-electron chi connectivity index (χ0n) is 9.84. The van der Waals surface area contributed by atoms with Crippen LogP contribution in [0.4, 0.5) is 17.6 Å². The van der Waals surface area contributed by atoms with Crippen molar-refractivity contribution >= 4 is 22.6 Å². The van der Waals surface area contributed by atoms with Gasteiger partial charge in [-0.05, 0) is 40.6 Å². The fourth-order valence-corrected chi connectivity index (χ4v) is 2.22. The highest BCUT2D eigenvalue weighted by molar-refractivity contribution is 14.1. The van der Waals surface area contributed by atoms with Crippen LogP contribution in [0.2, 0.25) is 0 Å². The number of benzene rings is 1. The first-order valence-corrected chi connectivity index (χ1v) is 6.20. The summed E-state index contributed by atoms with van der Waals surface area (Å²) in [4.78, 5) is 4.33. The number of hydrogen-bond acceptors (Lipinski definition) is 3. The van der Waals surface area contributed by atoms with Gasteiger partial charge < -0.3 is 5.11 Å². The molecule has 8 heteroatoms. The molecule has 0 fully saturated rings. The monoisotopic (exact) mass is 393 g/mol. The summed E-state index contributed by atoms with van der Waals surface area (Å²) in [5, 5.41) is 9.81. The van der Waals surface area contributed by atoms with E-state index in [2.05, 4.69) is 4.84 Å². The van der Waals surface area contributed by atoms with Crippen LogP contribution in [0.1, 0.15) is 18.1 Å². The third kappa shape index (κ3) is 3.18. The highest BCUT2D eigenvalue weighted by atomic mass is 127. The first kappa shape index (κ1) is 16.6. The molecule has 0 amide bonds. The van der Waals surface area contributed by atoms with Gasteiger partial charge in [0.25, 0.3) is 0 Å². The summed E-state index contributed by atoms with van der Waals surface area (Å²) in [7, 11) is 0. The second-order valence-corrected chi connectivity index (χ2v) is 6.13. The van der Waals surface area contributed by atoms with Crippen molar-refractivity contribution in [2.75, 3.05) is 0 Å². The van der Waals surface area contributed by atoms with E-state index < -0.39 is 21.0 Å². The van der Waals surface area contributed by atoms with Gasteiger partial charge in [0.2, 0.25) is 5.60 Å². The van der Waals surface area contributed by atoms with Gasteiger partial charge in [0.05, 0.1) is 6.61 Å². The highest BCUT2D eigenvalue weighted by Gasteiger charge is 2.65. The van der Waals surface area contributed by atoms with Crippen LogP contribution in [-0.4, -0.2) is 15.0 Å². The Balaban J connectivity index is 3.28. The lowest BCUT2D eigenvalue weighted by atomic mass is 9.88. The van der Waals surface area contributed by atoms with E-state index in [4.69, 9.17) is 5.90 Å². The molecule has 0 aliphatic carbocycles. The maximum atomic E-state index is 13.8. The van der Waals surface area contributed by atoms with Crippen molar-refractivity contribution in [3.05, 3.63) is 35.4 Å². The van der Waals surface area contributed by atoms with Crippen molar-refractivity contribution in [3.8, 4) is 0 Å². The van der Waals surface area contributed by atoms with E-state index in [1.54, 1.807) is 0 Å². The van der Waals surface area contributed by atoms with Crippen molar-refractivity contribution in [1.82, 2.24) is 0 Å². The molecule has 0 aliphatic heterocycles. The molecule has 108 valence electrons. The Hall–Kier alpha value is -0.450. The number of hydrogen-bond donors (Lipinski definition) is 2. The van der Waals surface area contributed by atoms with Crippen LogP contribution in [0.25, 0.3) is 0 Å². The molecule has 1 aromatic rings. The van der Waals surface area contributed by atoms with E-state index in [9.17, 15) is 22.7 Å². The standard InChI is InChI=1S/C11H12F4INO2/c1-9(12,16)10(18,11(13,14)15)8-4-2-7(3-5-8)6-19-17/h2-5,18H,6,17H2,1H3. The van der Waals surface area contributed by atoms with Crippen LogP contribution in [0, 0.1) is 0 Å². The van der Waals surface area contributed by atoms with Gasteiger partial charge in [-0.2, -0.15) is 13.2 Å². The van der Waals surface area contributed by atoms with Crippen molar-refractivity contribution < 1.29 is 27.5 Å². The van der Waals surface area contributed by atoms with E-state index in [1.165, 1.54) is 12.1 Å². The van der Waals surface area contributed by atoms with E-state index in [0.29, 0.717) is 12.5 Å². The summed E-state index contributed by atoms with van der Waals surface area (Å²) in [6.07, 6.45) is -5.15. The Morgan fingerprint density at radius 2 is 1.68 bits per heavy atom. The molecule has 0 heterocycles. The van der Waals surface area contributed by atoms with E-state index in [0.717, 1.165) is 34.7 Å². The van der Waals surface area contributed by atoms with Crippen LogP contribution in [0.3, 0.4) is 0 Å². The molecule has 1 aromatic carbocycles. The lowest BCUT2D eigenvalue weighted by molar-refractivity contribution is -0.289. The van der Waals surface area contributed by atoms with Crippen molar-refractivity contribution in [1.29, 1.82) is 0 Å². The Labute approximate surface area is 120 Å². The molecule has 19 heavy (non-hydrogen) atoms. The molecule has 0 saturated carbocycles. The Bertz CT molecular complexity index is 414. The van der Waals surface area contributed by atoms with E-state index in [1.807, 2.05) is 0 Å². The van der Waals surface area contributed by atoms with Crippen molar-refractivity contribution in [2.45, 2.75) is 29.0 Å². The van der Waals surface area contributed by atoms with Gasteiger partial charge in [0.1, 0.15) is 0 Å². The molecule has 0 bridgehead atoms. The fraction of sp³-hybridized carbons (Fsp3) is 0.455. The van der Waals surface area contributed by atoms with Crippen LogP contribution in [-0.2, 0) is 17.0 Å². The third-order valence-electron chi connectivity index (χ3n) is 2.67. The van der Waals surface area contributed by atoms with Gasteiger partial charge in [-0.3, -0.25) is 4.84 Å². The summed E-state index contributed by atoms with van der Waals surface area (Å²) in [5.74, 6) is 4.83. The van der Waals surface area contributed by atoms with Gasteiger partial charge in [0, 0.05) is 0 Å². The Morgan fingerprint density at radius 1 is 1.21 bits per heavy atom. The predicted molar refractivity (Wildman–Crippen MR) is 68.9 cm³/mol. The summed E-state index contributed by atoms with van der Waals surface area (Å²) < 4.78 is 49.9. The quantitative estimate of drug-likeness (QED) is 0.358. The second kappa shape index (κ2) is 5.51. The molecule has 0 aromatic heterocycles. The minimum Gasteiger partial charge on any atom is -0.373 e. The van der Waals surface area contributed by atoms with Crippen LogP contribution in [0.15, 0.2) is 24.3 Å². The fourth-order valence-electron chi connectivity index (χ4n) is 1.60. The molecule has 2 unspecified atom stereocenters. The molecule has 0 saturated heterocycles. The number of alkyl halides is 5. The predicted octanol–water partition coefficient (Wildman–Crippen LogP) is 2.95. The number of halogens is 5. The minimum atomic E-state index is -5.15. The molecular weight excluding hydrogens is 381 g/mol. The second-order valence-electron chi connectivity index (χ2n) is 4.10. The smallest absolute Gasteiger partial charge is 0.373 e. The maximum Gasteiger partial charge on any atom is 0.425 e. The van der Waals surface area contributed by atoms with Gasteiger partial charge in [-0.15, -0.1) is 0 Å². The van der Waals surface area contributed by atoms with Crippen LogP contribution >= 0.6 is 22.6 Å². The molecule has 1 rings (SSSR count). The summed E-state index contributed by atoms with van der Waals surface area (Å²) >= 11 is 0.928. The van der Waals surface area contributed by atoms with Crippen LogP contribution < -0.4 is 5.90 Å². The molecule has 3 N–H and O–H groups in total. The minimum absolute atomic E-state index is 0.00184. The normalized spacial score (nSPS) is 18.7. The first-order chi connectivity index (χ1) is 8.54. The number of nitrogens with two attached hydrogens (primary N) is 1. The zero-order valence-corrected chi connectivity index (χ0v) is 12.0. The Kier molecular flexibility index (Phi) is 4.81. The molecule has 0 aliphatic rings. The van der Waals surface area contributed by atoms with E-state index >= 15 is 0 Å². The average molecular weight is 393 g/mol. The summed E-state index contributed by atoms with van der Waals surface area (Å²) in [5.41, 5.74) is -3.67. The SMILES string of the molecule is CC(F)(I)C(O)(c1ccc(CON)cc1)C(F)(F)F. The highest BCUT2D eigenvalue weighted by Crippen LogP contribution is 2.51. The van der Waals surface area contributed by atoms with Crippen molar-refractivity contribution in [3.63, 3.8) is 0 Å². The first-order valence-electron chi connectivity index (χ1n) is 5.12. The molecule has 2 atom stereocenters. The van der Waals surface area contributed by atoms with Gasteiger partial charge >= 0.3 is 6.18 Å². The third-order valence-corrected chi connectivity index (χ3v) is 3.45. The maximum absolute atomic E-state index is 13.8. The lowest BCUT2D eigenvalue weighted by Crippen LogP contribution is -2.53. The zero-order chi connectivity index (χ0) is 14.9. The lowest BCUT2D eigenvalue weighted by Gasteiger charge is -2.37. The van der Waals surface area contributed by atoms with Crippen molar-refractivity contribution in [2.24, 2.45) is 5.90 Å². The average Bonchev–Trinajstić information content (AvgIpc) is 2.26. The van der Waals surface area contributed by atoms with Crippen LogP contribution in [0.5, 0.6) is 0 Å². The largest absolute Gasteiger partial charge is 0.425 e. The molecular formula is C11H12F4INO2. The van der Waals surface area contributed by atoms with Gasteiger partial charge in [-0.1, -0.05) is 24.3 Å². The van der Waals surface area contributed by atoms with E-state index in [-0.39, 0.29) is 6.61 Å². The number of rotatable bonds is 4. The Morgan fingerprint density at radius 3 is 2.00 bits per heavy atom. The number of aliphatic hydroxyl groups is 1. The summed E-state index contributed by atoms with van der Waals surface area (Å²) in [6.45, 7) is 0.666. The molecule has 0 radical (unpaired) electrons. The molecule has 0 spiro atoms. The molecule has 3 nitrogen and oxygen atoms in total. The topological polar surface area (TPSA) is 55.5 Å².